The van der Waals surface area contributed by atoms with Gasteiger partial charge in [-0.15, -0.1) is 13.2 Å². The Morgan fingerprint density at radius 2 is 1.88 bits per heavy atom. The molecular formula is C26H34F3N3OS. The maximum atomic E-state index is 12.8. The van der Waals surface area contributed by atoms with Crippen molar-refractivity contribution in [3.8, 4) is 0 Å². The third-order valence-corrected chi connectivity index (χ3v) is 7.60. The number of rotatable bonds is 8. The average molecular weight is 494 g/mol. The molecule has 0 heterocycles. The third kappa shape index (κ3) is 6.62. The molecule has 3 rings (SSSR count). The van der Waals surface area contributed by atoms with Gasteiger partial charge in [0.1, 0.15) is 11.6 Å². The standard InChI is InChI=1S/C26H34F3N3OS/c1-6-7-20(33-26(27,28)29)16-31(4)32(18(3)30)15-19-9-8-17(2)24(14-19)25-22-12-10-21(34-5)11-13-23(22)25/h6-9,14,16,21,25,30H,10-13,15H2,1-5H3/b7-6-,20-16+,30-18?. The van der Waals surface area contributed by atoms with E-state index in [2.05, 4.69) is 30.0 Å². The molecular weight excluding hydrogens is 459 g/mol. The molecule has 0 unspecified atom stereocenters. The van der Waals surface area contributed by atoms with Crippen LogP contribution in [0.5, 0.6) is 0 Å². The van der Waals surface area contributed by atoms with E-state index in [1.54, 1.807) is 37.1 Å². The number of ether oxygens (including phenoxy) is 1. The van der Waals surface area contributed by atoms with Crippen LogP contribution in [0, 0.1) is 12.3 Å². The van der Waals surface area contributed by atoms with Gasteiger partial charge in [0.15, 0.2) is 0 Å². The highest BCUT2D eigenvalue weighted by molar-refractivity contribution is 7.99. The summed E-state index contributed by atoms with van der Waals surface area (Å²) in [6.07, 6.45) is 6.20. The first-order chi connectivity index (χ1) is 16.0. The van der Waals surface area contributed by atoms with Gasteiger partial charge in [0.2, 0.25) is 0 Å². The molecule has 2 aliphatic rings. The minimum atomic E-state index is -4.78. The van der Waals surface area contributed by atoms with Gasteiger partial charge in [0.05, 0.1) is 12.7 Å². The molecule has 0 aliphatic heterocycles. The van der Waals surface area contributed by atoms with E-state index in [1.165, 1.54) is 60.2 Å². The number of hydrogen-bond acceptors (Lipinski definition) is 4. The lowest BCUT2D eigenvalue weighted by Crippen LogP contribution is -2.39. The molecule has 2 aliphatic carbocycles. The molecule has 0 spiro atoms. The average Bonchev–Trinajstić information content (AvgIpc) is 3.47. The fourth-order valence-electron chi connectivity index (χ4n) is 4.71. The lowest BCUT2D eigenvalue weighted by Gasteiger charge is -2.32. The van der Waals surface area contributed by atoms with Crippen LogP contribution in [0.1, 0.15) is 62.1 Å². The Morgan fingerprint density at radius 3 is 2.41 bits per heavy atom. The molecule has 186 valence electrons. The minimum Gasteiger partial charge on any atom is -0.404 e. The van der Waals surface area contributed by atoms with Gasteiger partial charge in [0.25, 0.3) is 0 Å². The number of hydrogen-bond donors (Lipinski definition) is 1. The predicted molar refractivity (Wildman–Crippen MR) is 133 cm³/mol. The molecule has 1 aromatic carbocycles. The van der Waals surface area contributed by atoms with Crippen molar-refractivity contribution in [2.24, 2.45) is 0 Å². The van der Waals surface area contributed by atoms with Gasteiger partial charge >= 0.3 is 6.36 Å². The zero-order valence-corrected chi connectivity index (χ0v) is 21.3. The fourth-order valence-corrected chi connectivity index (χ4v) is 5.42. The number of hydrazine groups is 1. The summed E-state index contributed by atoms with van der Waals surface area (Å²) in [4.78, 5) is 0. The first-order valence-corrected chi connectivity index (χ1v) is 12.8. The van der Waals surface area contributed by atoms with E-state index in [4.69, 9.17) is 5.41 Å². The Bertz CT molecular complexity index is 981. The topological polar surface area (TPSA) is 39.6 Å². The van der Waals surface area contributed by atoms with Gasteiger partial charge in [-0.2, -0.15) is 11.8 Å². The quantitative estimate of drug-likeness (QED) is 0.103. The Balaban J connectivity index is 1.77. The van der Waals surface area contributed by atoms with Crippen LogP contribution in [-0.2, 0) is 11.3 Å². The Morgan fingerprint density at radius 1 is 1.24 bits per heavy atom. The number of alkyl halides is 3. The summed E-state index contributed by atoms with van der Waals surface area (Å²) in [6, 6.07) is 6.34. The first kappa shape index (κ1) is 26.3. The van der Waals surface area contributed by atoms with Crippen molar-refractivity contribution in [3.05, 3.63) is 70.1 Å². The number of nitrogens with zero attached hydrogens (tertiary/aromatic N) is 2. The molecule has 0 amide bonds. The second kappa shape index (κ2) is 10.9. The van der Waals surface area contributed by atoms with Gasteiger partial charge < -0.3 is 4.74 Å². The SMILES string of the molecule is C/C=C\C(=C/N(C)N(Cc1ccc(C)c(C2C3=C2CCC(SC)CC3)c1)C(C)=N)OC(F)(F)F. The van der Waals surface area contributed by atoms with Crippen molar-refractivity contribution in [2.45, 2.75) is 70.5 Å². The van der Waals surface area contributed by atoms with Crippen LogP contribution in [0.25, 0.3) is 0 Å². The van der Waals surface area contributed by atoms with Gasteiger partial charge in [0, 0.05) is 18.2 Å². The van der Waals surface area contributed by atoms with Crippen LogP contribution < -0.4 is 0 Å². The third-order valence-electron chi connectivity index (χ3n) is 6.46. The molecule has 8 heteroatoms. The summed E-state index contributed by atoms with van der Waals surface area (Å²) in [7, 11) is 1.61. The zero-order chi connectivity index (χ0) is 25.0. The highest BCUT2D eigenvalue weighted by atomic mass is 32.2. The van der Waals surface area contributed by atoms with Crippen molar-refractivity contribution in [1.29, 1.82) is 5.41 Å². The summed E-state index contributed by atoms with van der Waals surface area (Å²) in [6.45, 7) is 5.74. The molecule has 34 heavy (non-hydrogen) atoms. The van der Waals surface area contributed by atoms with Crippen molar-refractivity contribution >= 4 is 17.6 Å². The Labute approximate surface area is 205 Å². The van der Waals surface area contributed by atoms with Crippen LogP contribution >= 0.6 is 11.8 Å². The van der Waals surface area contributed by atoms with Crippen molar-refractivity contribution in [2.75, 3.05) is 13.3 Å². The number of benzene rings is 1. The molecule has 0 fully saturated rings. The number of nitrogens with one attached hydrogen (secondary N) is 1. The largest absolute Gasteiger partial charge is 0.573 e. The van der Waals surface area contributed by atoms with Crippen LogP contribution in [-0.4, -0.2) is 40.8 Å². The highest BCUT2D eigenvalue weighted by Gasteiger charge is 2.39. The normalized spacial score (nSPS) is 17.6. The summed E-state index contributed by atoms with van der Waals surface area (Å²) in [5, 5.41) is 12.0. The molecule has 0 radical (unpaired) electrons. The zero-order valence-electron chi connectivity index (χ0n) is 20.5. The van der Waals surface area contributed by atoms with Crippen LogP contribution in [0.4, 0.5) is 13.2 Å². The summed E-state index contributed by atoms with van der Waals surface area (Å²) in [5.41, 5.74) is 6.78. The molecule has 1 aromatic rings. The first-order valence-electron chi connectivity index (χ1n) is 11.5. The van der Waals surface area contributed by atoms with Gasteiger partial charge in [-0.05, 0) is 75.5 Å². The smallest absolute Gasteiger partial charge is 0.404 e. The molecule has 0 saturated carbocycles. The molecule has 0 aromatic heterocycles. The maximum absolute atomic E-state index is 12.8. The number of halogens is 3. The van der Waals surface area contributed by atoms with Crippen molar-refractivity contribution in [1.82, 2.24) is 10.0 Å². The van der Waals surface area contributed by atoms with Crippen molar-refractivity contribution in [3.63, 3.8) is 0 Å². The van der Waals surface area contributed by atoms with E-state index in [0.29, 0.717) is 12.5 Å². The molecule has 0 saturated heterocycles. The Hall–Kier alpha value is -2.35. The summed E-state index contributed by atoms with van der Waals surface area (Å²) < 4.78 is 42.4. The molecule has 1 N–H and O–H groups in total. The minimum absolute atomic E-state index is 0.219. The van der Waals surface area contributed by atoms with E-state index >= 15 is 0 Å². The summed E-state index contributed by atoms with van der Waals surface area (Å²) >= 11 is 1.97. The predicted octanol–water partition coefficient (Wildman–Crippen LogP) is 7.29. The molecule has 0 atom stereocenters. The van der Waals surface area contributed by atoms with Gasteiger partial charge in [-0.25, -0.2) is 0 Å². The maximum Gasteiger partial charge on any atom is 0.573 e. The van der Waals surface area contributed by atoms with Crippen LogP contribution in [0.15, 0.2) is 53.5 Å². The lowest BCUT2D eigenvalue weighted by molar-refractivity contribution is -0.303. The number of allylic oxidation sites excluding steroid dienone is 4. The van der Waals surface area contributed by atoms with Gasteiger partial charge in [-0.3, -0.25) is 15.4 Å². The van der Waals surface area contributed by atoms with E-state index in [9.17, 15) is 13.2 Å². The molecule has 4 nitrogen and oxygen atoms in total. The van der Waals surface area contributed by atoms with Crippen molar-refractivity contribution < 1.29 is 17.9 Å². The van der Waals surface area contributed by atoms with E-state index < -0.39 is 6.36 Å². The van der Waals surface area contributed by atoms with E-state index in [1.807, 2.05) is 17.8 Å². The monoisotopic (exact) mass is 493 g/mol. The molecule has 0 bridgehead atoms. The van der Waals surface area contributed by atoms with Crippen LogP contribution in [0.2, 0.25) is 0 Å². The second-order valence-electron chi connectivity index (χ2n) is 8.91. The lowest BCUT2D eigenvalue weighted by atomic mass is 9.94. The van der Waals surface area contributed by atoms with Crippen LogP contribution in [0.3, 0.4) is 0 Å². The van der Waals surface area contributed by atoms with E-state index in [0.717, 1.165) is 10.8 Å². The Kier molecular flexibility index (Phi) is 8.44. The van der Waals surface area contributed by atoms with Gasteiger partial charge in [-0.1, -0.05) is 35.4 Å². The number of aryl methyl sites for hydroxylation is 1. The number of amidine groups is 1. The van der Waals surface area contributed by atoms with E-state index in [-0.39, 0.29) is 11.6 Å². The second-order valence-corrected chi connectivity index (χ2v) is 10.0. The number of thioether (sulfide) groups is 1. The summed E-state index contributed by atoms with van der Waals surface area (Å²) in [5.74, 6) is 0.315. The highest BCUT2D eigenvalue weighted by Crippen LogP contribution is 2.55. The fraction of sp³-hybridized carbons (Fsp3) is 0.500.